The normalized spacial score (nSPS) is 33.0. The first kappa shape index (κ1) is 26.6. The first-order valence-electron chi connectivity index (χ1n) is 12.9. The number of phenols is 1. The maximum atomic E-state index is 14.0. The molecule has 4 aliphatic rings. The van der Waals surface area contributed by atoms with Crippen LogP contribution < -0.4 is 9.64 Å². The van der Waals surface area contributed by atoms with Gasteiger partial charge in [-0.3, -0.25) is 29.0 Å². The zero-order chi connectivity index (χ0) is 28.7. The number of imide groups is 2. The maximum Gasteiger partial charge on any atom is 0.253 e. The summed E-state index contributed by atoms with van der Waals surface area (Å²) in [7, 11) is 2.75. The Labute approximate surface area is 240 Å². The number of halogens is 2. The molecule has 2 aromatic rings. The molecule has 2 saturated heterocycles. The third-order valence-electron chi connectivity index (χ3n) is 8.94. The van der Waals surface area contributed by atoms with E-state index in [9.17, 15) is 24.3 Å². The van der Waals surface area contributed by atoms with Crippen molar-refractivity contribution in [1.29, 1.82) is 0 Å². The molecular formula is C30H26Cl2N2O6. The number of rotatable bonds is 4. The van der Waals surface area contributed by atoms with Crippen LogP contribution >= 0.6 is 23.2 Å². The number of ether oxygens (including phenoxy) is 1. The van der Waals surface area contributed by atoms with Crippen LogP contribution in [0.15, 0.2) is 60.7 Å². The summed E-state index contributed by atoms with van der Waals surface area (Å²) in [6.45, 7) is 3.74. The predicted octanol–water partition coefficient (Wildman–Crippen LogP) is 4.24. The highest BCUT2D eigenvalue weighted by atomic mass is 35.5. The molecule has 8 nitrogen and oxygen atoms in total. The van der Waals surface area contributed by atoms with E-state index in [0.717, 1.165) is 10.5 Å². The van der Waals surface area contributed by atoms with Gasteiger partial charge in [-0.15, -0.1) is 23.2 Å². The summed E-state index contributed by atoms with van der Waals surface area (Å²) in [6.07, 6.45) is 3.67. The molecule has 1 N–H and O–H groups in total. The summed E-state index contributed by atoms with van der Waals surface area (Å²) in [5.41, 5.74) is 2.39. The van der Waals surface area contributed by atoms with Gasteiger partial charge in [-0.25, -0.2) is 0 Å². The number of amides is 4. The Bertz CT molecular complexity index is 1540. The molecule has 2 heterocycles. The van der Waals surface area contributed by atoms with Crippen LogP contribution in [0.2, 0.25) is 0 Å². The Morgan fingerprint density at radius 3 is 2.35 bits per heavy atom. The second-order valence-corrected chi connectivity index (χ2v) is 12.0. The van der Waals surface area contributed by atoms with Crippen LogP contribution in [0.5, 0.6) is 11.5 Å². The molecule has 2 aliphatic heterocycles. The van der Waals surface area contributed by atoms with Gasteiger partial charge in [0.1, 0.15) is 0 Å². The van der Waals surface area contributed by atoms with Crippen LogP contribution in [0.4, 0.5) is 5.69 Å². The fourth-order valence-corrected chi connectivity index (χ4v) is 8.04. The van der Waals surface area contributed by atoms with Crippen LogP contribution in [-0.2, 0) is 19.2 Å². The molecule has 6 rings (SSSR count). The summed E-state index contributed by atoms with van der Waals surface area (Å²) >= 11 is 14.3. The molecule has 10 heteroatoms. The number of alkyl halides is 2. The molecule has 0 spiro atoms. The summed E-state index contributed by atoms with van der Waals surface area (Å²) in [6, 6.07) is 11.6. The molecule has 1 saturated carbocycles. The van der Waals surface area contributed by atoms with Gasteiger partial charge >= 0.3 is 0 Å². The van der Waals surface area contributed by atoms with Crippen LogP contribution in [0.25, 0.3) is 6.08 Å². The molecule has 0 bridgehead atoms. The van der Waals surface area contributed by atoms with Crippen molar-refractivity contribution in [3.8, 4) is 11.5 Å². The molecule has 4 amide bonds. The SMILES string of the molecule is C=Cc1ccc(N2C(=O)[C@H]3[C@H](CC=C4[C@H]3C[C@@]3(Cl)C(=O)N(C)C(=O)[C@@]3(Cl)[C@H]4c3ccc(OC)c(O)c3)C2=O)cc1. The summed E-state index contributed by atoms with van der Waals surface area (Å²) in [5, 5.41) is 10.6. The summed E-state index contributed by atoms with van der Waals surface area (Å²) in [5.74, 6) is -5.04. The third-order valence-corrected chi connectivity index (χ3v) is 10.4. The van der Waals surface area contributed by atoms with Gasteiger partial charge in [0.15, 0.2) is 21.2 Å². The molecule has 40 heavy (non-hydrogen) atoms. The second kappa shape index (κ2) is 8.94. The van der Waals surface area contributed by atoms with Crippen LogP contribution in [-0.4, -0.2) is 57.5 Å². The Hall–Kier alpha value is -3.62. The van der Waals surface area contributed by atoms with E-state index in [0.29, 0.717) is 16.8 Å². The standard InChI is InChI=1S/C30H26Cl2N2O6/c1-4-15-5-8-17(9-6-15)34-25(36)19-11-10-18-20(23(19)26(34)37)14-29(31)27(38)33(2)28(39)30(29,32)24(18)16-7-12-22(40-3)21(35)13-16/h4-10,12-13,19-20,23-24,35H,1,11,14H2,2-3H3/t19-,20+,23-,24-,29+,30-/m0/s1. The number of benzene rings is 2. The minimum atomic E-state index is -1.91. The average molecular weight is 581 g/mol. The van der Waals surface area contributed by atoms with Crippen molar-refractivity contribution in [2.24, 2.45) is 17.8 Å². The number of phenolic OH excluding ortho intramolecular Hbond substituents is 1. The lowest BCUT2D eigenvalue weighted by Crippen LogP contribution is -2.60. The number of carbonyl (C=O) groups is 4. The van der Waals surface area contributed by atoms with E-state index in [4.69, 9.17) is 27.9 Å². The number of fused-ring (bicyclic) bond motifs is 4. The zero-order valence-corrected chi connectivity index (χ0v) is 23.3. The van der Waals surface area contributed by atoms with Gasteiger partial charge in [-0.05, 0) is 54.2 Å². The molecule has 2 aliphatic carbocycles. The number of hydrogen-bond donors (Lipinski definition) is 1. The molecular weight excluding hydrogens is 555 g/mol. The van der Waals surface area contributed by atoms with Gasteiger partial charge in [0.05, 0.1) is 24.6 Å². The van der Waals surface area contributed by atoms with Crippen LogP contribution in [0.1, 0.15) is 29.9 Å². The number of carbonyl (C=O) groups excluding carboxylic acids is 4. The smallest absolute Gasteiger partial charge is 0.253 e. The van der Waals surface area contributed by atoms with Crippen molar-refractivity contribution in [1.82, 2.24) is 4.90 Å². The van der Waals surface area contributed by atoms with Crippen molar-refractivity contribution in [2.75, 3.05) is 19.1 Å². The first-order valence-corrected chi connectivity index (χ1v) is 13.6. The van der Waals surface area contributed by atoms with Gasteiger partial charge in [-0.1, -0.05) is 42.5 Å². The molecule has 6 atom stereocenters. The van der Waals surface area contributed by atoms with E-state index in [1.54, 1.807) is 42.5 Å². The average Bonchev–Trinajstić information content (AvgIpc) is 3.28. The largest absolute Gasteiger partial charge is 0.504 e. The van der Waals surface area contributed by atoms with Crippen molar-refractivity contribution in [2.45, 2.75) is 28.5 Å². The number of anilines is 1. The molecule has 0 unspecified atom stereocenters. The topological polar surface area (TPSA) is 104 Å². The lowest BCUT2D eigenvalue weighted by Gasteiger charge is -2.50. The van der Waals surface area contributed by atoms with E-state index in [-0.39, 0.29) is 36.2 Å². The van der Waals surface area contributed by atoms with Crippen molar-refractivity contribution < 1.29 is 29.0 Å². The number of likely N-dealkylation sites (tertiary alicyclic amines) is 1. The van der Waals surface area contributed by atoms with E-state index < -0.39 is 45.2 Å². The van der Waals surface area contributed by atoms with Crippen molar-refractivity contribution >= 4 is 58.6 Å². The highest BCUT2D eigenvalue weighted by molar-refractivity contribution is 6.53. The number of allylic oxidation sites excluding steroid dienone is 2. The number of aromatic hydroxyl groups is 1. The first-order chi connectivity index (χ1) is 19.0. The fraction of sp³-hybridized carbons (Fsp3) is 0.333. The molecule has 206 valence electrons. The van der Waals surface area contributed by atoms with Crippen LogP contribution in [0, 0.1) is 17.8 Å². The van der Waals surface area contributed by atoms with Crippen molar-refractivity contribution in [3.63, 3.8) is 0 Å². The minimum absolute atomic E-state index is 0.0964. The lowest BCUT2D eigenvalue weighted by molar-refractivity contribution is -0.138. The number of nitrogens with zero attached hydrogens (tertiary/aromatic N) is 2. The zero-order valence-electron chi connectivity index (χ0n) is 21.8. The quantitative estimate of drug-likeness (QED) is 0.329. The van der Waals surface area contributed by atoms with Gasteiger partial charge in [0.2, 0.25) is 11.8 Å². The summed E-state index contributed by atoms with van der Waals surface area (Å²) < 4.78 is 5.19. The highest BCUT2D eigenvalue weighted by Gasteiger charge is 2.75. The summed E-state index contributed by atoms with van der Waals surface area (Å²) in [4.78, 5) is 53.1. The maximum absolute atomic E-state index is 14.0. The highest BCUT2D eigenvalue weighted by Crippen LogP contribution is 2.65. The molecule has 2 aromatic carbocycles. The van der Waals surface area contributed by atoms with E-state index in [1.165, 1.54) is 25.1 Å². The number of hydrogen-bond acceptors (Lipinski definition) is 6. The van der Waals surface area contributed by atoms with Gasteiger partial charge in [0.25, 0.3) is 11.8 Å². The molecule has 0 aromatic heterocycles. The van der Waals surface area contributed by atoms with Gasteiger partial charge in [0, 0.05) is 13.0 Å². The number of methoxy groups -OCH3 is 1. The van der Waals surface area contributed by atoms with E-state index >= 15 is 0 Å². The van der Waals surface area contributed by atoms with Gasteiger partial charge < -0.3 is 9.84 Å². The van der Waals surface area contributed by atoms with Gasteiger partial charge in [-0.2, -0.15) is 0 Å². The minimum Gasteiger partial charge on any atom is -0.504 e. The molecule has 3 fully saturated rings. The van der Waals surface area contributed by atoms with E-state index in [1.807, 2.05) is 6.08 Å². The third kappa shape index (κ3) is 3.26. The Balaban J connectivity index is 1.50. The Morgan fingerprint density at radius 1 is 1.02 bits per heavy atom. The van der Waals surface area contributed by atoms with Crippen LogP contribution in [0.3, 0.4) is 0 Å². The Kier molecular flexibility index (Phi) is 5.95. The Morgan fingerprint density at radius 2 is 1.73 bits per heavy atom. The second-order valence-electron chi connectivity index (χ2n) is 10.7. The predicted molar refractivity (Wildman–Crippen MR) is 149 cm³/mol. The monoisotopic (exact) mass is 580 g/mol. The lowest BCUT2D eigenvalue weighted by atomic mass is 9.56. The molecule has 0 radical (unpaired) electrons. The van der Waals surface area contributed by atoms with Crippen molar-refractivity contribution in [3.05, 3.63) is 71.8 Å². The fourth-order valence-electron chi connectivity index (χ4n) is 7.02. The van der Waals surface area contributed by atoms with E-state index in [2.05, 4.69) is 6.58 Å².